The number of hydrogen-bond donors (Lipinski definition) is 0. The maximum Gasteiger partial charge on any atom is 0.243 e. The van der Waals surface area contributed by atoms with Gasteiger partial charge in [-0.1, -0.05) is 6.42 Å². The number of piperidine rings is 1. The van der Waals surface area contributed by atoms with Gasteiger partial charge in [0.15, 0.2) is 0 Å². The number of benzene rings is 1. The molecule has 7 heteroatoms. The summed E-state index contributed by atoms with van der Waals surface area (Å²) in [4.78, 5) is 10.5. The highest BCUT2D eigenvalue weighted by atomic mass is 32.2. The van der Waals surface area contributed by atoms with Gasteiger partial charge in [0.25, 0.3) is 0 Å². The van der Waals surface area contributed by atoms with E-state index in [0.29, 0.717) is 18.8 Å². The van der Waals surface area contributed by atoms with E-state index in [-0.39, 0.29) is 4.90 Å². The zero-order valence-corrected chi connectivity index (χ0v) is 11.8. The number of carbonyl (C=O) groups excluding carboxylic acids is 1. The molecular weight excluding hydrogens is 282 g/mol. The van der Waals surface area contributed by atoms with Crippen molar-refractivity contribution in [2.45, 2.75) is 24.2 Å². The molecule has 0 bridgehead atoms. The minimum Gasteiger partial charge on any atom is -0.546 e. The minimum absolute atomic E-state index is 0.195. The van der Waals surface area contributed by atoms with Gasteiger partial charge in [0.05, 0.1) is 10.9 Å². The number of hydrogen-bond acceptors (Lipinski definition) is 5. The Kier molecular flexibility index (Phi) is 4.61. The van der Waals surface area contributed by atoms with Gasteiger partial charge in [0.1, 0.15) is 12.4 Å². The normalized spacial score (nSPS) is 16.8. The Morgan fingerprint density at radius 2 is 1.75 bits per heavy atom. The molecule has 0 atom stereocenters. The summed E-state index contributed by atoms with van der Waals surface area (Å²) in [6.45, 7) is 0.536. The summed E-state index contributed by atoms with van der Waals surface area (Å²) >= 11 is 0. The number of nitrogens with zero attached hydrogens (tertiary/aromatic N) is 1. The van der Waals surface area contributed by atoms with E-state index in [4.69, 9.17) is 4.74 Å². The molecule has 0 aromatic heterocycles. The molecule has 2 rings (SSSR count). The second-order valence-electron chi connectivity index (χ2n) is 4.60. The van der Waals surface area contributed by atoms with Gasteiger partial charge < -0.3 is 14.6 Å². The Labute approximate surface area is 118 Å². The van der Waals surface area contributed by atoms with Crippen molar-refractivity contribution < 1.29 is 23.1 Å². The monoisotopic (exact) mass is 298 g/mol. The molecule has 1 heterocycles. The number of carboxylic acids is 1. The van der Waals surface area contributed by atoms with Crippen molar-refractivity contribution in [2.75, 3.05) is 19.7 Å². The lowest BCUT2D eigenvalue weighted by molar-refractivity contribution is -0.307. The van der Waals surface area contributed by atoms with E-state index >= 15 is 0 Å². The minimum atomic E-state index is -3.46. The highest BCUT2D eigenvalue weighted by molar-refractivity contribution is 7.89. The molecule has 0 unspecified atom stereocenters. The number of aliphatic carboxylic acids is 1. The van der Waals surface area contributed by atoms with Gasteiger partial charge in [-0.3, -0.25) is 0 Å². The molecule has 0 spiro atoms. The van der Waals surface area contributed by atoms with Crippen LogP contribution in [0.15, 0.2) is 29.2 Å². The van der Waals surface area contributed by atoms with Crippen molar-refractivity contribution >= 4 is 16.0 Å². The number of sulfonamides is 1. The first-order chi connectivity index (χ1) is 9.50. The van der Waals surface area contributed by atoms with E-state index in [1.807, 2.05) is 0 Å². The Balaban J connectivity index is 2.10. The van der Waals surface area contributed by atoms with Gasteiger partial charge >= 0.3 is 0 Å². The predicted molar refractivity (Wildman–Crippen MR) is 69.6 cm³/mol. The zero-order valence-electron chi connectivity index (χ0n) is 10.9. The summed E-state index contributed by atoms with van der Waals surface area (Å²) in [6.07, 6.45) is 2.82. The summed E-state index contributed by atoms with van der Waals surface area (Å²) < 4.78 is 31.1. The highest BCUT2D eigenvalue weighted by Crippen LogP contribution is 2.22. The van der Waals surface area contributed by atoms with Crippen molar-refractivity contribution in [3.63, 3.8) is 0 Å². The summed E-state index contributed by atoms with van der Waals surface area (Å²) in [6, 6.07) is 5.74. The lowest BCUT2D eigenvalue weighted by Crippen LogP contribution is -2.35. The SMILES string of the molecule is O=C([O-])COc1ccc(S(=O)(=O)N2CCCCC2)cc1. The van der Waals surface area contributed by atoms with E-state index in [1.165, 1.54) is 28.6 Å². The molecule has 1 aromatic carbocycles. The average Bonchev–Trinajstić information content (AvgIpc) is 2.46. The van der Waals surface area contributed by atoms with E-state index in [1.54, 1.807) is 0 Å². The molecule has 0 N–H and O–H groups in total. The van der Waals surface area contributed by atoms with Crippen LogP contribution in [-0.2, 0) is 14.8 Å². The summed E-state index contributed by atoms with van der Waals surface area (Å²) in [5.41, 5.74) is 0. The maximum absolute atomic E-state index is 12.3. The molecule has 0 radical (unpaired) electrons. The van der Waals surface area contributed by atoms with Crippen LogP contribution in [-0.4, -0.2) is 38.4 Å². The average molecular weight is 298 g/mol. The van der Waals surface area contributed by atoms with Crippen LogP contribution >= 0.6 is 0 Å². The first-order valence-electron chi connectivity index (χ1n) is 6.43. The Morgan fingerprint density at radius 1 is 1.15 bits per heavy atom. The first kappa shape index (κ1) is 14.8. The molecule has 1 aliphatic heterocycles. The fraction of sp³-hybridized carbons (Fsp3) is 0.462. The fourth-order valence-corrected chi connectivity index (χ4v) is 3.62. The van der Waals surface area contributed by atoms with Crippen LogP contribution in [0.25, 0.3) is 0 Å². The third-order valence-corrected chi connectivity index (χ3v) is 5.05. The van der Waals surface area contributed by atoms with Crippen molar-refractivity contribution in [1.82, 2.24) is 4.31 Å². The first-order valence-corrected chi connectivity index (χ1v) is 7.87. The predicted octanol–water partition coefficient (Wildman–Crippen LogP) is -0.0101. The lowest BCUT2D eigenvalue weighted by Gasteiger charge is -2.25. The summed E-state index contributed by atoms with van der Waals surface area (Å²) in [5.74, 6) is -1.03. The largest absolute Gasteiger partial charge is 0.546 e. The van der Waals surface area contributed by atoms with Gasteiger partial charge in [-0.2, -0.15) is 4.31 Å². The molecule has 20 heavy (non-hydrogen) atoms. The third kappa shape index (κ3) is 3.49. The molecule has 1 aliphatic rings. The molecule has 1 saturated heterocycles. The smallest absolute Gasteiger partial charge is 0.243 e. The van der Waals surface area contributed by atoms with Crippen LogP contribution in [0.5, 0.6) is 5.75 Å². The molecule has 1 aromatic rings. The van der Waals surface area contributed by atoms with Crippen molar-refractivity contribution in [2.24, 2.45) is 0 Å². The molecule has 0 amide bonds. The van der Waals surface area contributed by atoms with Crippen LogP contribution in [0.1, 0.15) is 19.3 Å². The second kappa shape index (κ2) is 6.23. The van der Waals surface area contributed by atoms with E-state index < -0.39 is 22.6 Å². The van der Waals surface area contributed by atoms with Crippen molar-refractivity contribution in [3.05, 3.63) is 24.3 Å². The van der Waals surface area contributed by atoms with Crippen LogP contribution in [0.2, 0.25) is 0 Å². The van der Waals surface area contributed by atoms with Crippen LogP contribution < -0.4 is 9.84 Å². The van der Waals surface area contributed by atoms with Gasteiger partial charge in [-0.15, -0.1) is 0 Å². The zero-order chi connectivity index (χ0) is 14.6. The lowest BCUT2D eigenvalue weighted by atomic mass is 10.2. The molecule has 6 nitrogen and oxygen atoms in total. The van der Waals surface area contributed by atoms with Crippen LogP contribution in [0.3, 0.4) is 0 Å². The molecule has 1 fully saturated rings. The van der Waals surface area contributed by atoms with Gasteiger partial charge in [-0.05, 0) is 37.1 Å². The molecule has 0 saturated carbocycles. The number of carbonyl (C=O) groups is 1. The Bertz CT molecular complexity index is 561. The fourth-order valence-electron chi connectivity index (χ4n) is 2.10. The van der Waals surface area contributed by atoms with Crippen LogP contribution in [0, 0.1) is 0 Å². The van der Waals surface area contributed by atoms with Gasteiger partial charge in [-0.25, -0.2) is 8.42 Å². The van der Waals surface area contributed by atoms with Crippen LogP contribution in [0.4, 0.5) is 0 Å². The molecular formula is C13H16NO5S-. The highest BCUT2D eigenvalue weighted by Gasteiger charge is 2.25. The topological polar surface area (TPSA) is 86.7 Å². The van der Waals surface area contributed by atoms with Gasteiger partial charge in [0, 0.05) is 13.1 Å². The number of ether oxygens (including phenoxy) is 1. The molecule has 110 valence electrons. The number of carboxylic acid groups (broad SMARTS) is 1. The maximum atomic E-state index is 12.3. The third-order valence-electron chi connectivity index (χ3n) is 3.13. The van der Waals surface area contributed by atoms with Crippen molar-refractivity contribution in [1.29, 1.82) is 0 Å². The van der Waals surface area contributed by atoms with E-state index in [9.17, 15) is 18.3 Å². The van der Waals surface area contributed by atoms with E-state index in [0.717, 1.165) is 19.3 Å². The Hall–Kier alpha value is -1.60. The number of rotatable bonds is 5. The standard InChI is InChI=1S/C13H17NO5S/c15-13(16)10-19-11-4-6-12(7-5-11)20(17,18)14-8-2-1-3-9-14/h4-7H,1-3,8-10H2,(H,15,16)/p-1. The van der Waals surface area contributed by atoms with E-state index in [2.05, 4.69) is 0 Å². The summed E-state index contributed by atoms with van der Waals surface area (Å²) in [5, 5.41) is 10.3. The second-order valence-corrected chi connectivity index (χ2v) is 6.53. The molecule has 0 aliphatic carbocycles. The van der Waals surface area contributed by atoms with Gasteiger partial charge in [0.2, 0.25) is 10.0 Å². The summed E-state index contributed by atoms with van der Waals surface area (Å²) in [7, 11) is -3.46. The van der Waals surface area contributed by atoms with Crippen molar-refractivity contribution in [3.8, 4) is 5.75 Å². The quantitative estimate of drug-likeness (QED) is 0.763. The Morgan fingerprint density at radius 3 is 2.30 bits per heavy atom.